The molecule has 89 heavy (non-hydrogen) atoms. The molecule has 14 N–H and O–H groups in total. The number of guanidine groups is 2. The molecule has 4 aliphatic heterocycles. The molecule has 5 aromatic rings. The van der Waals surface area contributed by atoms with Gasteiger partial charge in [-0.1, -0.05) is 53.6 Å². The number of carbonyl (C=O) groups is 7. The van der Waals surface area contributed by atoms with Crippen molar-refractivity contribution in [1.29, 1.82) is 0 Å². The summed E-state index contributed by atoms with van der Waals surface area (Å²) in [6, 6.07) is 23.9. The number of hydrogen-bond acceptors (Lipinski definition) is 15. The van der Waals surface area contributed by atoms with Crippen LogP contribution in [-0.2, 0) is 59.2 Å². The van der Waals surface area contributed by atoms with Gasteiger partial charge in [-0.2, -0.15) is 0 Å². The molecule has 470 valence electrons. The van der Waals surface area contributed by atoms with E-state index in [1.165, 1.54) is 46.2 Å². The number of likely N-dealkylation sites (tertiary alicyclic amines) is 2. The Bertz CT molecular complexity index is 3640. The second-order valence-electron chi connectivity index (χ2n) is 21.9. The van der Waals surface area contributed by atoms with E-state index < -0.39 is 104 Å². The van der Waals surface area contributed by atoms with E-state index in [2.05, 4.69) is 40.7 Å². The van der Waals surface area contributed by atoms with Gasteiger partial charge in [0.25, 0.3) is 0 Å². The molecule has 0 radical (unpaired) electrons. The Morgan fingerprint density at radius 3 is 1.45 bits per heavy atom. The number of benzene rings is 5. The molecule has 27 nitrogen and oxygen atoms in total. The zero-order valence-corrected chi connectivity index (χ0v) is 50.5. The Kier molecular flexibility index (Phi) is 19.6. The summed E-state index contributed by atoms with van der Waals surface area (Å²) >= 11 is 0. The normalized spacial score (nSPS) is 16.9. The summed E-state index contributed by atoms with van der Waals surface area (Å²) < 4.78 is 69.7. The number of carbonyl (C=O) groups excluding carboxylic acids is 7. The monoisotopic (exact) mass is 1260 g/mol. The smallest absolute Gasteiger partial charge is 0.340 e. The lowest BCUT2D eigenvalue weighted by Crippen LogP contribution is -2.53. The highest BCUT2D eigenvalue weighted by atomic mass is 32.2. The van der Waals surface area contributed by atoms with Gasteiger partial charge in [0.2, 0.25) is 55.5 Å². The van der Waals surface area contributed by atoms with Crippen LogP contribution in [0.1, 0.15) is 89.5 Å². The molecule has 0 unspecified atom stereocenters. The van der Waals surface area contributed by atoms with E-state index in [1.54, 1.807) is 86.6 Å². The quantitative estimate of drug-likeness (QED) is 0.0182. The molecule has 0 saturated carbocycles. The van der Waals surface area contributed by atoms with Crippen molar-refractivity contribution in [2.24, 2.45) is 32.9 Å². The zero-order valence-electron chi connectivity index (χ0n) is 48.8. The maximum absolute atomic E-state index is 14.4. The Morgan fingerprint density at radius 2 is 1.02 bits per heavy atom. The van der Waals surface area contributed by atoms with E-state index in [1.807, 2.05) is 0 Å². The van der Waals surface area contributed by atoms with Crippen LogP contribution < -0.4 is 58.4 Å². The largest absolute Gasteiger partial charge is 0.456 e. The number of esters is 1. The van der Waals surface area contributed by atoms with Gasteiger partial charge >= 0.3 is 5.97 Å². The van der Waals surface area contributed by atoms with E-state index >= 15 is 0 Å². The SMILES string of the molecule is Cc1ccc(S(=O)(=O)NCC(=O)N2CCC[C@H]2C(=O)N[C@@H](CCCN=C(N)N)C(=O)Nc2ccc3c(c2)Oc2cc(NC(=O)[C@H](CCCN=C(N)N)NC(=O)[C@@H]4CCCN4C(=O)CNS(=O)(=O)c4ccc(C)cc4)ccc2C32OC(=O)c3ccccc32)cc1. The number of aliphatic imine (C=N–C) groups is 2. The van der Waals surface area contributed by atoms with Gasteiger partial charge < -0.3 is 63.5 Å². The topological polar surface area (TPSA) is 414 Å². The molecule has 4 aliphatic rings. The number of nitrogens with zero attached hydrogens (tertiary/aromatic N) is 4. The van der Waals surface area contributed by atoms with Gasteiger partial charge in [0.1, 0.15) is 35.7 Å². The van der Waals surface area contributed by atoms with Crippen molar-refractivity contribution >= 4 is 84.8 Å². The van der Waals surface area contributed by atoms with Gasteiger partial charge in [-0.3, -0.25) is 38.8 Å². The standard InChI is InChI=1S/C60H70N14O13S2/c1-35-15-21-39(22-16-35)88(82,83)67-33-51(75)73-29-7-13-47(73)55(79)71-45(11-5-27-65-58(61)62)53(77)69-37-19-25-43-49(31-37)86-50-32-38(20-26-44(50)60(43)42-10-4-3-9-41(42)57(81)87-60)70-54(78)46(12-6-28-66-59(63)64)72-56(80)48-14-8-30-74(48)52(76)34-68-89(84,85)40-23-17-36(2)18-24-40/h3-4,9-10,15-26,31-32,45-48,67-68H,5-8,11-14,27-30,33-34H2,1-2H3,(H,69,77)(H,70,78)(H,71,79)(H,72,80)(H4,61,62,65)(H4,63,64,66)/t45-,46-,47-,48-/m0/s1. The molecule has 0 bridgehead atoms. The summed E-state index contributed by atoms with van der Waals surface area (Å²) in [7, 11) is -8.12. The maximum Gasteiger partial charge on any atom is 0.340 e. The Morgan fingerprint density at radius 1 is 0.596 bits per heavy atom. The van der Waals surface area contributed by atoms with Crippen molar-refractivity contribution in [3.05, 3.63) is 143 Å². The van der Waals surface area contributed by atoms with Crippen LogP contribution in [0.5, 0.6) is 11.5 Å². The molecule has 9 rings (SSSR count). The number of aryl methyl sites for hydroxylation is 2. The van der Waals surface area contributed by atoms with Crippen LogP contribution in [0.3, 0.4) is 0 Å². The first-order valence-electron chi connectivity index (χ1n) is 28.8. The first kappa shape index (κ1) is 64.0. The number of nitrogens with two attached hydrogens (primary N) is 4. The van der Waals surface area contributed by atoms with Crippen LogP contribution >= 0.6 is 0 Å². The average Bonchev–Trinajstić information content (AvgIpc) is 1.63. The summed E-state index contributed by atoms with van der Waals surface area (Å²) in [6.07, 6.45) is 1.87. The number of rotatable bonds is 24. The highest BCUT2D eigenvalue weighted by Crippen LogP contribution is 2.57. The molecule has 5 aromatic carbocycles. The number of anilines is 2. The van der Waals surface area contributed by atoms with Gasteiger partial charge in [0.15, 0.2) is 17.5 Å². The molecule has 4 heterocycles. The molecule has 6 amide bonds. The number of hydrogen-bond donors (Lipinski definition) is 10. The first-order chi connectivity index (χ1) is 42.4. The van der Waals surface area contributed by atoms with Crippen LogP contribution in [-0.4, -0.2) is 143 Å². The summed E-state index contributed by atoms with van der Waals surface area (Å²) in [4.78, 5) is 108. The third kappa shape index (κ3) is 14.8. The maximum atomic E-state index is 14.4. The molecule has 2 fully saturated rings. The van der Waals surface area contributed by atoms with Gasteiger partial charge in [0, 0.05) is 66.4 Å². The minimum Gasteiger partial charge on any atom is -0.456 e. The first-order valence-corrected chi connectivity index (χ1v) is 31.8. The van der Waals surface area contributed by atoms with Crippen molar-refractivity contribution in [3.63, 3.8) is 0 Å². The average molecular weight is 1260 g/mol. The molecule has 1 spiro atoms. The number of nitrogens with one attached hydrogen (secondary N) is 6. The van der Waals surface area contributed by atoms with Crippen LogP contribution in [0.2, 0.25) is 0 Å². The molecule has 0 aromatic heterocycles. The van der Waals surface area contributed by atoms with E-state index in [0.29, 0.717) is 29.5 Å². The minimum absolute atomic E-state index is 0.0303. The van der Waals surface area contributed by atoms with Crippen molar-refractivity contribution in [3.8, 4) is 11.5 Å². The van der Waals surface area contributed by atoms with Crippen LogP contribution in [0.4, 0.5) is 11.4 Å². The number of fused-ring (bicyclic) bond motifs is 6. The third-order valence-corrected chi connectivity index (χ3v) is 18.5. The molecule has 0 aliphatic carbocycles. The number of ether oxygens (including phenoxy) is 2. The van der Waals surface area contributed by atoms with E-state index in [4.69, 9.17) is 32.4 Å². The van der Waals surface area contributed by atoms with Gasteiger partial charge in [-0.15, -0.1) is 0 Å². The van der Waals surface area contributed by atoms with Crippen LogP contribution in [0.15, 0.2) is 129 Å². The minimum atomic E-state index is -4.06. The zero-order chi connectivity index (χ0) is 63.8. The Hall–Kier alpha value is -9.45. The van der Waals surface area contributed by atoms with E-state index in [-0.39, 0.29) is 115 Å². The summed E-state index contributed by atoms with van der Waals surface area (Å²) in [5, 5.41) is 11.3. The molecule has 29 heteroatoms. The lowest BCUT2D eigenvalue weighted by molar-refractivity contribution is -0.138. The Balaban J connectivity index is 0.931. The summed E-state index contributed by atoms with van der Waals surface area (Å²) in [5.74, 6) is -4.67. The second kappa shape index (κ2) is 27.3. The molecular weight excluding hydrogens is 1190 g/mol. The highest BCUT2D eigenvalue weighted by molar-refractivity contribution is 7.89. The van der Waals surface area contributed by atoms with Crippen molar-refractivity contribution < 1.29 is 59.9 Å². The molecule has 4 atom stereocenters. The van der Waals surface area contributed by atoms with Gasteiger partial charge in [0.05, 0.1) is 28.4 Å². The number of sulfonamides is 2. The summed E-state index contributed by atoms with van der Waals surface area (Å²) in [5.41, 5.74) is 24.2. The fourth-order valence-electron chi connectivity index (χ4n) is 11.2. The van der Waals surface area contributed by atoms with Crippen molar-refractivity contribution in [2.75, 3.05) is 49.9 Å². The fraction of sp³-hybridized carbons (Fsp3) is 0.350. The predicted molar refractivity (Wildman–Crippen MR) is 328 cm³/mol. The molecular formula is C60H70N14O13S2. The Labute approximate surface area is 513 Å². The predicted octanol–water partition coefficient (Wildman–Crippen LogP) is 1.76. The third-order valence-electron chi connectivity index (χ3n) is 15.6. The molecule has 2 saturated heterocycles. The summed E-state index contributed by atoms with van der Waals surface area (Å²) in [6.45, 7) is 2.93. The lowest BCUT2D eigenvalue weighted by atomic mass is 9.77. The van der Waals surface area contributed by atoms with Crippen LogP contribution in [0, 0.1) is 13.8 Å². The van der Waals surface area contributed by atoms with Gasteiger partial charge in [-0.25, -0.2) is 31.1 Å². The van der Waals surface area contributed by atoms with Crippen molar-refractivity contribution in [2.45, 2.75) is 105 Å². The van der Waals surface area contributed by atoms with Crippen LogP contribution in [0.25, 0.3) is 0 Å². The second-order valence-corrected chi connectivity index (χ2v) is 25.4. The van der Waals surface area contributed by atoms with E-state index in [0.717, 1.165) is 11.1 Å². The van der Waals surface area contributed by atoms with Crippen molar-refractivity contribution in [1.82, 2.24) is 29.9 Å². The number of amides is 6. The fourth-order valence-corrected chi connectivity index (χ4v) is 13.1. The highest BCUT2D eigenvalue weighted by Gasteiger charge is 2.54. The lowest BCUT2D eigenvalue weighted by Gasteiger charge is -2.37. The van der Waals surface area contributed by atoms with Gasteiger partial charge in [-0.05, 0) is 120 Å². The van der Waals surface area contributed by atoms with E-state index in [9.17, 15) is 50.4 Å².